The summed E-state index contributed by atoms with van der Waals surface area (Å²) in [5.41, 5.74) is 5.50. The van der Waals surface area contributed by atoms with Crippen molar-refractivity contribution in [1.29, 1.82) is 0 Å². The van der Waals surface area contributed by atoms with E-state index in [1.165, 1.54) is 6.21 Å². The topological polar surface area (TPSA) is 118 Å². The molecule has 0 saturated heterocycles. The molecule has 0 heterocycles. The number of methoxy groups -OCH3 is 1. The highest BCUT2D eigenvalue weighted by molar-refractivity contribution is 6.35. The molecule has 170 valence electrons. The van der Waals surface area contributed by atoms with Crippen LogP contribution in [0.25, 0.3) is 0 Å². The molecule has 0 aromatic heterocycles. The Hall–Kier alpha value is -3.72. The molecule has 0 aliphatic heterocycles. The Kier molecular flexibility index (Phi) is 9.86. The Morgan fingerprint density at radius 2 is 1.81 bits per heavy atom. The molecule has 2 aromatic rings. The number of hydrazone groups is 1. The highest BCUT2D eigenvalue weighted by atomic mass is 16.5. The summed E-state index contributed by atoms with van der Waals surface area (Å²) < 4.78 is 10.5. The summed E-state index contributed by atoms with van der Waals surface area (Å²) in [6.45, 7) is 4.52. The van der Waals surface area contributed by atoms with Crippen molar-refractivity contribution in [2.75, 3.05) is 32.2 Å². The molecule has 0 saturated carbocycles. The van der Waals surface area contributed by atoms with Gasteiger partial charge < -0.3 is 20.1 Å². The fraction of sp³-hybridized carbons (Fsp3) is 0.304. The molecule has 32 heavy (non-hydrogen) atoms. The van der Waals surface area contributed by atoms with Crippen molar-refractivity contribution in [3.8, 4) is 5.75 Å². The predicted molar refractivity (Wildman–Crippen MR) is 122 cm³/mol. The summed E-state index contributed by atoms with van der Waals surface area (Å²) in [6, 6.07) is 12.6. The zero-order valence-electron chi connectivity index (χ0n) is 18.4. The van der Waals surface area contributed by atoms with E-state index in [9.17, 15) is 14.4 Å². The third-order valence-corrected chi connectivity index (χ3v) is 4.54. The van der Waals surface area contributed by atoms with E-state index >= 15 is 0 Å². The highest BCUT2D eigenvalue weighted by Crippen LogP contribution is 2.19. The average molecular weight is 441 g/mol. The normalized spacial score (nSPS) is 10.6. The van der Waals surface area contributed by atoms with Gasteiger partial charge in [-0.25, -0.2) is 5.43 Å². The van der Waals surface area contributed by atoms with Gasteiger partial charge in [-0.3, -0.25) is 14.4 Å². The summed E-state index contributed by atoms with van der Waals surface area (Å²) in [5.74, 6) is -1.56. The van der Waals surface area contributed by atoms with Crippen LogP contribution >= 0.6 is 0 Å². The van der Waals surface area contributed by atoms with Crippen molar-refractivity contribution in [2.45, 2.75) is 20.3 Å². The van der Waals surface area contributed by atoms with Crippen LogP contribution in [-0.4, -0.2) is 50.8 Å². The molecule has 0 aliphatic carbocycles. The average Bonchev–Trinajstić information content (AvgIpc) is 2.79. The van der Waals surface area contributed by atoms with Gasteiger partial charge in [0.15, 0.2) is 6.61 Å². The van der Waals surface area contributed by atoms with Crippen LogP contribution in [0.3, 0.4) is 0 Å². The molecule has 0 aliphatic rings. The maximum Gasteiger partial charge on any atom is 0.329 e. The number of hydrogen-bond donors (Lipinski definition) is 3. The van der Waals surface area contributed by atoms with Crippen LogP contribution in [0.5, 0.6) is 5.75 Å². The lowest BCUT2D eigenvalue weighted by Gasteiger charge is -2.12. The Bertz CT molecular complexity index is 975. The Labute approximate surface area is 187 Å². The number of nitrogens with one attached hydrogen (secondary N) is 3. The standard InChI is InChI=1S/C23H28N4O5/c1-16-8-6-10-19(17(16)2)26-21(28)15-32-20-11-5-4-9-18(20)14-25-27-23(30)22(29)24-12-7-13-31-3/h4-6,8-11,14H,7,12-13,15H2,1-3H3,(H,24,29)(H,26,28)(H,27,30)/b25-14-. The fourth-order valence-corrected chi connectivity index (χ4v) is 2.64. The van der Waals surface area contributed by atoms with Gasteiger partial charge >= 0.3 is 11.8 Å². The second-order valence-electron chi connectivity index (χ2n) is 6.92. The van der Waals surface area contributed by atoms with E-state index in [1.807, 2.05) is 32.0 Å². The van der Waals surface area contributed by atoms with Gasteiger partial charge in [-0.05, 0) is 49.6 Å². The third-order valence-electron chi connectivity index (χ3n) is 4.54. The quantitative estimate of drug-likeness (QED) is 0.226. The highest BCUT2D eigenvalue weighted by Gasteiger charge is 2.12. The van der Waals surface area contributed by atoms with E-state index in [-0.39, 0.29) is 12.5 Å². The molecule has 9 heteroatoms. The third kappa shape index (κ3) is 7.84. The van der Waals surface area contributed by atoms with Crippen LogP contribution in [0, 0.1) is 13.8 Å². The lowest BCUT2D eigenvalue weighted by Crippen LogP contribution is -2.38. The molecule has 9 nitrogen and oxygen atoms in total. The van der Waals surface area contributed by atoms with Crippen molar-refractivity contribution in [3.63, 3.8) is 0 Å². The number of anilines is 1. The number of amides is 3. The fourth-order valence-electron chi connectivity index (χ4n) is 2.64. The molecule has 0 atom stereocenters. The maximum absolute atomic E-state index is 12.3. The lowest BCUT2D eigenvalue weighted by molar-refractivity contribution is -0.139. The first-order valence-corrected chi connectivity index (χ1v) is 10.1. The van der Waals surface area contributed by atoms with Gasteiger partial charge in [0.2, 0.25) is 0 Å². The zero-order chi connectivity index (χ0) is 23.3. The van der Waals surface area contributed by atoms with Crippen molar-refractivity contribution in [1.82, 2.24) is 10.7 Å². The van der Waals surface area contributed by atoms with Crippen LogP contribution in [0.4, 0.5) is 5.69 Å². The summed E-state index contributed by atoms with van der Waals surface area (Å²) in [4.78, 5) is 35.7. The number of benzene rings is 2. The zero-order valence-corrected chi connectivity index (χ0v) is 18.4. The summed E-state index contributed by atoms with van der Waals surface area (Å²) in [5, 5.41) is 9.09. The van der Waals surface area contributed by atoms with Gasteiger partial charge in [0.05, 0.1) is 6.21 Å². The number of ether oxygens (including phenoxy) is 2. The van der Waals surface area contributed by atoms with E-state index in [0.29, 0.717) is 30.9 Å². The molecule has 0 spiro atoms. The second-order valence-corrected chi connectivity index (χ2v) is 6.92. The number of aryl methyl sites for hydroxylation is 1. The van der Waals surface area contributed by atoms with Gasteiger partial charge in [0.25, 0.3) is 5.91 Å². The molecule has 0 radical (unpaired) electrons. The molecule has 0 bridgehead atoms. The molecule has 3 N–H and O–H groups in total. The maximum atomic E-state index is 12.3. The monoisotopic (exact) mass is 440 g/mol. The first-order chi connectivity index (χ1) is 15.4. The minimum absolute atomic E-state index is 0.200. The summed E-state index contributed by atoms with van der Waals surface area (Å²) in [7, 11) is 1.56. The smallest absolute Gasteiger partial charge is 0.329 e. The van der Waals surface area contributed by atoms with Crippen LogP contribution in [0.2, 0.25) is 0 Å². The van der Waals surface area contributed by atoms with E-state index in [2.05, 4.69) is 21.2 Å². The van der Waals surface area contributed by atoms with Gasteiger partial charge in [-0.1, -0.05) is 24.3 Å². The SMILES string of the molecule is COCCCNC(=O)C(=O)N/N=C\c1ccccc1OCC(=O)Nc1cccc(C)c1C. The Morgan fingerprint density at radius 1 is 1.03 bits per heavy atom. The summed E-state index contributed by atoms with van der Waals surface area (Å²) in [6.07, 6.45) is 1.94. The minimum atomic E-state index is -0.884. The summed E-state index contributed by atoms with van der Waals surface area (Å²) >= 11 is 0. The Balaban J connectivity index is 1.87. The van der Waals surface area contributed by atoms with Crippen LogP contribution in [0.15, 0.2) is 47.6 Å². The van der Waals surface area contributed by atoms with E-state index < -0.39 is 11.8 Å². The lowest BCUT2D eigenvalue weighted by atomic mass is 10.1. The number of hydrogen-bond acceptors (Lipinski definition) is 6. The number of rotatable bonds is 10. The number of carbonyl (C=O) groups excluding carboxylic acids is 3. The molecule has 0 fully saturated rings. The second kappa shape index (κ2) is 12.9. The number of nitrogens with zero attached hydrogens (tertiary/aromatic N) is 1. The molecule has 3 amide bonds. The minimum Gasteiger partial charge on any atom is -0.483 e. The molecule has 2 aromatic carbocycles. The van der Waals surface area contributed by atoms with Gasteiger partial charge in [0, 0.05) is 31.5 Å². The van der Waals surface area contributed by atoms with Crippen LogP contribution < -0.4 is 20.8 Å². The molecular weight excluding hydrogens is 412 g/mol. The molecule has 2 rings (SSSR count). The first kappa shape index (κ1) is 24.5. The van der Waals surface area contributed by atoms with E-state index in [4.69, 9.17) is 9.47 Å². The van der Waals surface area contributed by atoms with E-state index in [0.717, 1.165) is 16.8 Å². The van der Waals surface area contributed by atoms with Crippen LogP contribution in [-0.2, 0) is 19.1 Å². The van der Waals surface area contributed by atoms with E-state index in [1.54, 1.807) is 31.4 Å². The number of para-hydroxylation sites is 1. The number of carbonyl (C=O) groups is 3. The van der Waals surface area contributed by atoms with Gasteiger partial charge in [-0.2, -0.15) is 5.10 Å². The van der Waals surface area contributed by atoms with Crippen molar-refractivity contribution < 1.29 is 23.9 Å². The van der Waals surface area contributed by atoms with Crippen LogP contribution in [0.1, 0.15) is 23.1 Å². The van der Waals surface area contributed by atoms with Gasteiger partial charge in [-0.15, -0.1) is 0 Å². The predicted octanol–water partition coefficient (Wildman–Crippen LogP) is 1.92. The molecular formula is C23H28N4O5. The Morgan fingerprint density at radius 3 is 2.59 bits per heavy atom. The first-order valence-electron chi connectivity index (χ1n) is 10.1. The largest absolute Gasteiger partial charge is 0.483 e. The molecule has 0 unspecified atom stereocenters. The van der Waals surface area contributed by atoms with Crippen molar-refractivity contribution in [2.24, 2.45) is 5.10 Å². The van der Waals surface area contributed by atoms with Gasteiger partial charge in [0.1, 0.15) is 5.75 Å². The van der Waals surface area contributed by atoms with Crippen molar-refractivity contribution in [3.05, 3.63) is 59.2 Å². The van der Waals surface area contributed by atoms with Crippen molar-refractivity contribution >= 4 is 29.6 Å².